The van der Waals surface area contributed by atoms with Crippen LogP contribution in [0.25, 0.3) is 0 Å². The van der Waals surface area contributed by atoms with Gasteiger partial charge in [0.2, 0.25) is 5.13 Å². The van der Waals surface area contributed by atoms with E-state index in [9.17, 15) is 9.59 Å². The molecule has 138 valence electrons. The third-order valence-corrected chi connectivity index (χ3v) is 5.27. The van der Waals surface area contributed by atoms with Crippen LogP contribution in [0, 0.1) is 13.8 Å². The third kappa shape index (κ3) is 4.19. The molecule has 26 heavy (non-hydrogen) atoms. The van der Waals surface area contributed by atoms with Crippen LogP contribution in [-0.2, 0) is 20.7 Å². The van der Waals surface area contributed by atoms with Gasteiger partial charge in [-0.1, -0.05) is 17.4 Å². The van der Waals surface area contributed by atoms with Gasteiger partial charge in [-0.3, -0.25) is 14.9 Å². The average Bonchev–Trinajstić information content (AvgIpc) is 3.18. The maximum absolute atomic E-state index is 12.3. The summed E-state index contributed by atoms with van der Waals surface area (Å²) < 4.78 is 10.8. The summed E-state index contributed by atoms with van der Waals surface area (Å²) in [4.78, 5) is 23.5. The summed E-state index contributed by atoms with van der Waals surface area (Å²) in [6.45, 7) is 6.18. The summed E-state index contributed by atoms with van der Waals surface area (Å²) in [5.74, 6) is 0.0867. The number of aryl methyl sites for hydroxylation is 2. The number of esters is 1. The predicted molar refractivity (Wildman–Crippen MR) is 97.4 cm³/mol. The molecule has 1 fully saturated rings. The van der Waals surface area contributed by atoms with Gasteiger partial charge >= 0.3 is 5.97 Å². The number of anilines is 1. The van der Waals surface area contributed by atoms with E-state index in [0.29, 0.717) is 24.6 Å². The molecule has 8 heteroatoms. The Balaban J connectivity index is 1.51. The van der Waals surface area contributed by atoms with E-state index in [1.165, 1.54) is 22.5 Å². The lowest BCUT2D eigenvalue weighted by atomic mass is 10.0. The Labute approximate surface area is 155 Å². The van der Waals surface area contributed by atoms with Crippen molar-refractivity contribution < 1.29 is 19.1 Å². The first-order valence-corrected chi connectivity index (χ1v) is 9.23. The Bertz CT molecular complexity index is 836. The Morgan fingerprint density at radius 1 is 1.35 bits per heavy atom. The first-order valence-electron chi connectivity index (χ1n) is 8.41. The van der Waals surface area contributed by atoms with Crippen molar-refractivity contribution in [1.29, 1.82) is 0 Å². The van der Waals surface area contributed by atoms with Crippen LogP contribution in [0.4, 0.5) is 5.13 Å². The number of carbonyl (C=O) groups excluding carboxylic acids is 2. The molecule has 1 aromatic heterocycles. The standard InChI is InChI=1S/C18H21N3O4S/c1-11-4-5-13(10-12(11)2)24-9-7-14-20-21-17(26-14)19-16(23)18(3)8-6-15(22)25-18/h4-5,10H,6-9H2,1-3H3,(H,19,21,23). The second-order valence-electron chi connectivity index (χ2n) is 6.50. The number of carbonyl (C=O) groups is 2. The highest BCUT2D eigenvalue weighted by atomic mass is 32.1. The molecule has 1 atom stereocenters. The molecule has 2 heterocycles. The van der Waals surface area contributed by atoms with E-state index in [2.05, 4.69) is 22.4 Å². The molecular formula is C18H21N3O4S. The summed E-state index contributed by atoms with van der Waals surface area (Å²) in [6.07, 6.45) is 1.21. The zero-order valence-corrected chi connectivity index (χ0v) is 15.8. The van der Waals surface area contributed by atoms with Crippen LogP contribution in [0.15, 0.2) is 18.2 Å². The molecule has 0 aliphatic carbocycles. The van der Waals surface area contributed by atoms with Crippen LogP contribution in [0.1, 0.15) is 35.9 Å². The molecule has 1 aliphatic heterocycles. The van der Waals surface area contributed by atoms with E-state index in [1.54, 1.807) is 6.92 Å². The van der Waals surface area contributed by atoms with Crippen molar-refractivity contribution in [2.75, 3.05) is 11.9 Å². The predicted octanol–water partition coefficient (Wildman–Crippen LogP) is 2.81. The number of benzene rings is 1. The topological polar surface area (TPSA) is 90.4 Å². The van der Waals surface area contributed by atoms with Gasteiger partial charge in [-0.2, -0.15) is 0 Å². The average molecular weight is 375 g/mol. The van der Waals surface area contributed by atoms with E-state index >= 15 is 0 Å². The fraction of sp³-hybridized carbons (Fsp3) is 0.444. The van der Waals surface area contributed by atoms with Crippen LogP contribution < -0.4 is 10.1 Å². The molecule has 0 bridgehead atoms. The van der Waals surface area contributed by atoms with Crippen molar-refractivity contribution in [3.05, 3.63) is 34.3 Å². The molecule has 1 aromatic carbocycles. The number of amides is 1. The van der Waals surface area contributed by atoms with Gasteiger partial charge in [0.15, 0.2) is 5.60 Å². The summed E-state index contributed by atoms with van der Waals surface area (Å²) >= 11 is 1.29. The highest BCUT2D eigenvalue weighted by Gasteiger charge is 2.43. The van der Waals surface area contributed by atoms with E-state index < -0.39 is 5.60 Å². The van der Waals surface area contributed by atoms with Gasteiger partial charge in [0.25, 0.3) is 5.91 Å². The molecule has 1 unspecified atom stereocenters. The summed E-state index contributed by atoms with van der Waals surface area (Å²) in [7, 11) is 0. The zero-order chi connectivity index (χ0) is 18.7. The highest BCUT2D eigenvalue weighted by Crippen LogP contribution is 2.28. The minimum Gasteiger partial charge on any atom is -0.493 e. The quantitative estimate of drug-likeness (QED) is 0.781. The van der Waals surface area contributed by atoms with Crippen molar-refractivity contribution in [2.24, 2.45) is 0 Å². The van der Waals surface area contributed by atoms with E-state index in [0.717, 1.165) is 10.8 Å². The normalized spacial score (nSPS) is 19.3. The number of rotatable bonds is 6. The third-order valence-electron chi connectivity index (χ3n) is 4.38. The smallest absolute Gasteiger partial charge is 0.307 e. The van der Waals surface area contributed by atoms with Crippen molar-refractivity contribution in [2.45, 2.75) is 45.6 Å². The molecule has 0 spiro atoms. The summed E-state index contributed by atoms with van der Waals surface area (Å²) in [5, 5.41) is 11.9. The van der Waals surface area contributed by atoms with E-state index in [1.807, 2.05) is 25.1 Å². The highest BCUT2D eigenvalue weighted by molar-refractivity contribution is 7.15. The molecule has 3 rings (SSSR count). The number of hydrogen-bond acceptors (Lipinski definition) is 7. The van der Waals surface area contributed by atoms with Crippen LogP contribution in [0.2, 0.25) is 0 Å². The molecule has 7 nitrogen and oxygen atoms in total. The number of nitrogens with one attached hydrogen (secondary N) is 1. The minimum atomic E-state index is -1.13. The Morgan fingerprint density at radius 2 is 2.15 bits per heavy atom. The molecule has 0 radical (unpaired) electrons. The van der Waals surface area contributed by atoms with Gasteiger partial charge in [0, 0.05) is 19.3 Å². The van der Waals surface area contributed by atoms with Crippen molar-refractivity contribution in [3.8, 4) is 5.75 Å². The first-order chi connectivity index (χ1) is 12.4. The van der Waals surface area contributed by atoms with E-state index in [-0.39, 0.29) is 18.3 Å². The van der Waals surface area contributed by atoms with Crippen LogP contribution in [0.5, 0.6) is 5.75 Å². The number of cyclic esters (lactones) is 1. The molecule has 0 saturated carbocycles. The number of nitrogens with zero attached hydrogens (tertiary/aromatic N) is 2. The lowest BCUT2D eigenvalue weighted by molar-refractivity contribution is -0.154. The van der Waals surface area contributed by atoms with Gasteiger partial charge in [-0.15, -0.1) is 10.2 Å². The van der Waals surface area contributed by atoms with Crippen molar-refractivity contribution in [3.63, 3.8) is 0 Å². The van der Waals surface area contributed by atoms with Crippen LogP contribution in [-0.4, -0.2) is 34.3 Å². The SMILES string of the molecule is Cc1ccc(OCCc2nnc(NC(=O)C3(C)CCC(=O)O3)s2)cc1C. The van der Waals surface area contributed by atoms with Gasteiger partial charge in [-0.05, 0) is 44.0 Å². The lowest BCUT2D eigenvalue weighted by Crippen LogP contribution is -2.39. The van der Waals surface area contributed by atoms with Crippen LogP contribution >= 0.6 is 11.3 Å². The van der Waals surface area contributed by atoms with Gasteiger partial charge < -0.3 is 9.47 Å². The number of ether oxygens (including phenoxy) is 2. The first kappa shape index (κ1) is 18.3. The molecule has 1 amide bonds. The van der Waals surface area contributed by atoms with Gasteiger partial charge in [0.1, 0.15) is 10.8 Å². The Kier molecular flexibility index (Phi) is 5.22. The van der Waals surface area contributed by atoms with Crippen LogP contribution in [0.3, 0.4) is 0 Å². The second-order valence-corrected chi connectivity index (χ2v) is 7.57. The zero-order valence-electron chi connectivity index (χ0n) is 15.0. The Hall–Kier alpha value is -2.48. The lowest BCUT2D eigenvalue weighted by Gasteiger charge is -2.20. The number of aromatic nitrogens is 2. The van der Waals surface area contributed by atoms with E-state index in [4.69, 9.17) is 9.47 Å². The van der Waals surface area contributed by atoms with Gasteiger partial charge in [0.05, 0.1) is 6.61 Å². The summed E-state index contributed by atoms with van der Waals surface area (Å²) in [6, 6.07) is 5.97. The largest absolute Gasteiger partial charge is 0.493 e. The molecular weight excluding hydrogens is 354 g/mol. The fourth-order valence-corrected chi connectivity index (χ4v) is 3.26. The molecule has 1 aliphatic rings. The fourth-order valence-electron chi connectivity index (χ4n) is 2.55. The molecule has 2 aromatic rings. The summed E-state index contributed by atoms with van der Waals surface area (Å²) in [5.41, 5.74) is 1.28. The molecule has 1 saturated heterocycles. The monoisotopic (exact) mass is 375 g/mol. The maximum Gasteiger partial charge on any atom is 0.307 e. The van der Waals surface area contributed by atoms with Crippen molar-refractivity contribution >= 4 is 28.3 Å². The minimum absolute atomic E-state index is 0.251. The molecule has 1 N–H and O–H groups in total. The maximum atomic E-state index is 12.3. The Morgan fingerprint density at radius 3 is 2.85 bits per heavy atom. The number of hydrogen-bond donors (Lipinski definition) is 1. The van der Waals surface area contributed by atoms with Gasteiger partial charge in [-0.25, -0.2) is 0 Å². The van der Waals surface area contributed by atoms with Crippen molar-refractivity contribution in [1.82, 2.24) is 10.2 Å². The second kappa shape index (κ2) is 7.41.